The molecule has 0 aromatic heterocycles. The van der Waals surface area contributed by atoms with Crippen molar-refractivity contribution in [2.75, 3.05) is 52.4 Å². The van der Waals surface area contributed by atoms with Gasteiger partial charge < -0.3 is 50.3 Å². The van der Waals surface area contributed by atoms with Gasteiger partial charge in [-0.2, -0.15) is 18.7 Å². The number of rotatable bonds is 4. The van der Waals surface area contributed by atoms with Gasteiger partial charge >= 0.3 is 17.1 Å². The summed E-state index contributed by atoms with van der Waals surface area (Å²) in [6, 6.07) is 17.4. The summed E-state index contributed by atoms with van der Waals surface area (Å²) in [7, 11) is 0. The zero-order chi connectivity index (χ0) is 17.9. The van der Waals surface area contributed by atoms with Crippen LogP contribution in [-0.4, -0.2) is 62.2 Å². The monoisotopic (exact) mass is 471 g/mol. The molecule has 0 unspecified atom stereocenters. The molecule has 1 aliphatic rings. The van der Waals surface area contributed by atoms with Gasteiger partial charge in [0.05, 0.1) is 0 Å². The fourth-order valence-electron chi connectivity index (χ4n) is 3.55. The maximum absolute atomic E-state index is 4.78. The third-order valence-electron chi connectivity index (χ3n) is 5.01. The molecule has 0 bridgehead atoms. The van der Waals surface area contributed by atoms with E-state index in [0.717, 1.165) is 78.3 Å². The smallest absolute Gasteiger partial charge is 0.748 e. The van der Waals surface area contributed by atoms with Crippen LogP contribution in [0.25, 0.3) is 10.6 Å². The first-order chi connectivity index (χ1) is 12.9. The molecule has 2 aromatic rings. The summed E-state index contributed by atoms with van der Waals surface area (Å²) in [6.07, 6.45) is 2.28. The van der Waals surface area contributed by atoms with Crippen molar-refractivity contribution < 1.29 is 34.1 Å². The zero-order valence-electron chi connectivity index (χ0n) is 16.5. The number of nitrogens with zero attached hydrogens (tertiary/aromatic N) is 4. The van der Waals surface area contributed by atoms with Crippen molar-refractivity contribution in [1.29, 1.82) is 0 Å². The van der Waals surface area contributed by atoms with E-state index in [4.69, 9.17) is 10.6 Å². The number of hydrogen-bond donors (Lipinski definition) is 0. The summed E-state index contributed by atoms with van der Waals surface area (Å²) < 4.78 is 0. The van der Waals surface area contributed by atoms with Gasteiger partial charge in [-0.1, -0.05) is 12.8 Å². The van der Waals surface area contributed by atoms with E-state index in [1.165, 1.54) is 11.1 Å². The van der Waals surface area contributed by atoms with E-state index in [2.05, 4.69) is 58.3 Å². The van der Waals surface area contributed by atoms with Gasteiger partial charge in [0.2, 0.25) is 0 Å². The predicted molar refractivity (Wildman–Crippen MR) is 110 cm³/mol. The van der Waals surface area contributed by atoms with Gasteiger partial charge in [0, 0.05) is 17.1 Å². The average Bonchev–Trinajstić information content (AvgIpc) is 3.33. The van der Waals surface area contributed by atoms with Gasteiger partial charge in [-0.3, -0.25) is 0 Å². The van der Waals surface area contributed by atoms with Crippen LogP contribution in [0.4, 0.5) is 0 Å². The standard InChI is InChI=1S/C22H32N4.Cu.Fe/c1-2-8-21(7-1)19-25-15-5-11-24-14-18-26(16-6-12-23-13-17-25)20-22-9-3-4-10-22;;/h1-4,7-10H,5-6,11-20H2;;/q-8;+2;. The Balaban J connectivity index is 0.00000196. The van der Waals surface area contributed by atoms with Crippen molar-refractivity contribution in [1.82, 2.24) is 9.80 Å². The fourth-order valence-corrected chi connectivity index (χ4v) is 3.55. The van der Waals surface area contributed by atoms with Crippen molar-refractivity contribution in [3.63, 3.8) is 0 Å². The second kappa shape index (κ2) is 15.4. The van der Waals surface area contributed by atoms with Crippen LogP contribution in [0.15, 0.2) is 48.5 Å². The Morgan fingerprint density at radius 2 is 1.29 bits per heavy atom. The quantitative estimate of drug-likeness (QED) is 0.499. The van der Waals surface area contributed by atoms with E-state index in [9.17, 15) is 0 Å². The van der Waals surface area contributed by atoms with Crippen LogP contribution in [0.2, 0.25) is 0 Å². The minimum absolute atomic E-state index is 0. The first-order valence-electron chi connectivity index (χ1n) is 10.0. The minimum atomic E-state index is 0. The third-order valence-corrected chi connectivity index (χ3v) is 5.01. The number of hydrogen-bond acceptors (Lipinski definition) is 2. The second-order valence-electron chi connectivity index (χ2n) is 7.19. The minimum Gasteiger partial charge on any atom is -0.748 e. The van der Waals surface area contributed by atoms with E-state index in [0.29, 0.717) is 0 Å². The molecule has 1 saturated heterocycles. The second-order valence-corrected chi connectivity index (χ2v) is 7.19. The van der Waals surface area contributed by atoms with Gasteiger partial charge in [-0.05, 0) is 32.7 Å². The Bertz CT molecular complexity index is 505. The molecule has 4 nitrogen and oxygen atoms in total. The van der Waals surface area contributed by atoms with Gasteiger partial charge in [0.1, 0.15) is 0 Å². The zero-order valence-corrected chi connectivity index (χ0v) is 18.6. The van der Waals surface area contributed by atoms with Gasteiger partial charge in [0.15, 0.2) is 0 Å². The van der Waals surface area contributed by atoms with E-state index >= 15 is 0 Å². The molecule has 3 rings (SSSR count). The molecule has 0 N–H and O–H groups in total. The molecule has 1 aliphatic heterocycles. The normalized spacial score (nSPS) is 18.6. The molecule has 1 fully saturated rings. The Morgan fingerprint density at radius 3 is 1.86 bits per heavy atom. The first kappa shape index (κ1) is 25.6. The summed E-state index contributed by atoms with van der Waals surface area (Å²) >= 11 is 0. The predicted octanol–water partition coefficient (Wildman–Crippen LogP) is 3.96. The van der Waals surface area contributed by atoms with E-state index in [1.54, 1.807) is 0 Å². The maximum Gasteiger partial charge on any atom is 2.00 e. The molecule has 0 saturated carbocycles. The molecule has 0 aliphatic carbocycles. The molecule has 165 valence electrons. The van der Waals surface area contributed by atoms with Crippen LogP contribution in [0.5, 0.6) is 0 Å². The molecule has 1 heterocycles. The molecular weight excluding hydrogens is 440 g/mol. The summed E-state index contributed by atoms with van der Waals surface area (Å²) in [4.78, 5) is 5.06. The Morgan fingerprint density at radius 1 is 0.750 bits per heavy atom. The fraction of sp³-hybridized carbons (Fsp3) is 0.545. The summed E-state index contributed by atoms with van der Waals surface area (Å²) in [5.74, 6) is 0. The van der Waals surface area contributed by atoms with E-state index in [1.807, 2.05) is 0 Å². The molecule has 6 heteroatoms. The Kier molecular flexibility index (Phi) is 14.1. The molecule has 0 atom stereocenters. The molecular formula is C22H32CuFeN4-6. The van der Waals surface area contributed by atoms with Crippen molar-refractivity contribution in [3.8, 4) is 0 Å². The van der Waals surface area contributed by atoms with E-state index in [-0.39, 0.29) is 34.1 Å². The topological polar surface area (TPSA) is 34.7 Å². The Labute approximate surface area is 192 Å². The first-order valence-corrected chi connectivity index (χ1v) is 10.0. The van der Waals surface area contributed by atoms with Crippen LogP contribution in [-0.2, 0) is 47.2 Å². The Hall–Kier alpha value is -0.421. The van der Waals surface area contributed by atoms with Gasteiger partial charge in [0.25, 0.3) is 0 Å². The van der Waals surface area contributed by atoms with Gasteiger partial charge in [-0.15, -0.1) is 31.7 Å². The molecule has 1 radical (unpaired) electrons. The summed E-state index contributed by atoms with van der Waals surface area (Å²) in [5.41, 5.74) is 2.82. The van der Waals surface area contributed by atoms with Crippen LogP contribution in [0.1, 0.15) is 24.0 Å². The SMILES string of the molecule is [Cu+2].[Fe].c1cc[c-](CN2CCC[N-]CCN(C[c-]3[cH-][cH-][cH-][cH-]3)CCC[N-]CC2)c1. The van der Waals surface area contributed by atoms with Crippen molar-refractivity contribution in [2.45, 2.75) is 25.9 Å². The van der Waals surface area contributed by atoms with Crippen LogP contribution in [0, 0.1) is 0 Å². The van der Waals surface area contributed by atoms with Crippen molar-refractivity contribution in [2.24, 2.45) is 0 Å². The molecule has 0 amide bonds. The van der Waals surface area contributed by atoms with Crippen LogP contribution in [0.3, 0.4) is 0 Å². The van der Waals surface area contributed by atoms with Crippen molar-refractivity contribution >= 4 is 0 Å². The van der Waals surface area contributed by atoms with Crippen LogP contribution < -0.4 is 0 Å². The van der Waals surface area contributed by atoms with E-state index < -0.39 is 0 Å². The summed E-state index contributed by atoms with van der Waals surface area (Å²) in [5, 5.41) is 9.56. The molecule has 2 aromatic carbocycles. The van der Waals surface area contributed by atoms with Crippen molar-refractivity contribution in [3.05, 3.63) is 70.3 Å². The largest absolute Gasteiger partial charge is 2.00 e. The van der Waals surface area contributed by atoms with Gasteiger partial charge in [-0.25, -0.2) is 12.1 Å². The molecule has 28 heavy (non-hydrogen) atoms. The third kappa shape index (κ3) is 9.86. The maximum atomic E-state index is 4.78. The molecule has 0 spiro atoms. The van der Waals surface area contributed by atoms with Crippen LogP contribution >= 0.6 is 0 Å². The summed E-state index contributed by atoms with van der Waals surface area (Å²) in [6.45, 7) is 10.2. The average molecular weight is 472 g/mol.